The lowest BCUT2D eigenvalue weighted by Gasteiger charge is -2.17. The Bertz CT molecular complexity index is 935. The van der Waals surface area contributed by atoms with E-state index in [-0.39, 0.29) is 41.4 Å². The fraction of sp³-hybridized carbons (Fsp3) is 0.227. The molecule has 1 aliphatic heterocycles. The van der Waals surface area contributed by atoms with Crippen molar-refractivity contribution in [2.75, 3.05) is 10.2 Å². The summed E-state index contributed by atoms with van der Waals surface area (Å²) < 4.78 is 0. The SMILES string of the molecule is O=C(Nc1ccc(N2C(=O)[C@@H]3[C@H](C2=O)[C@@H]2C=C[C@H]3C2)cc1)c1ccccc1. The van der Waals surface area contributed by atoms with Crippen LogP contribution in [0.3, 0.4) is 0 Å². The minimum absolute atomic E-state index is 0.0945. The molecule has 1 heterocycles. The molecule has 2 aliphatic carbocycles. The zero-order valence-corrected chi connectivity index (χ0v) is 14.5. The Morgan fingerprint density at radius 2 is 1.44 bits per heavy atom. The van der Waals surface area contributed by atoms with E-state index in [1.807, 2.05) is 18.2 Å². The lowest BCUT2D eigenvalue weighted by molar-refractivity contribution is -0.123. The van der Waals surface area contributed by atoms with Gasteiger partial charge in [0, 0.05) is 11.3 Å². The van der Waals surface area contributed by atoms with Gasteiger partial charge in [-0.3, -0.25) is 19.3 Å². The summed E-state index contributed by atoms with van der Waals surface area (Å²) in [5.41, 5.74) is 1.76. The van der Waals surface area contributed by atoms with Crippen molar-refractivity contribution in [2.45, 2.75) is 6.42 Å². The molecule has 0 spiro atoms. The molecule has 2 bridgehead atoms. The Balaban J connectivity index is 1.35. The number of benzene rings is 2. The fourth-order valence-corrected chi connectivity index (χ4v) is 4.64. The summed E-state index contributed by atoms with van der Waals surface area (Å²) in [7, 11) is 0. The van der Waals surface area contributed by atoms with E-state index >= 15 is 0 Å². The van der Waals surface area contributed by atoms with Crippen LogP contribution in [0.5, 0.6) is 0 Å². The van der Waals surface area contributed by atoms with Crippen LogP contribution in [-0.2, 0) is 9.59 Å². The number of nitrogens with zero attached hydrogens (tertiary/aromatic N) is 1. The monoisotopic (exact) mass is 358 g/mol. The van der Waals surface area contributed by atoms with E-state index < -0.39 is 0 Å². The van der Waals surface area contributed by atoms with Gasteiger partial charge < -0.3 is 5.32 Å². The van der Waals surface area contributed by atoms with Gasteiger partial charge >= 0.3 is 0 Å². The molecule has 3 aliphatic rings. The van der Waals surface area contributed by atoms with Gasteiger partial charge in [-0.25, -0.2) is 0 Å². The van der Waals surface area contributed by atoms with Gasteiger partial charge in [-0.2, -0.15) is 0 Å². The highest BCUT2D eigenvalue weighted by molar-refractivity contribution is 6.22. The molecule has 0 aromatic heterocycles. The number of allylic oxidation sites excluding steroid dienone is 2. The molecule has 2 aromatic rings. The first-order valence-electron chi connectivity index (χ1n) is 9.16. The topological polar surface area (TPSA) is 66.5 Å². The Morgan fingerprint density at radius 1 is 0.852 bits per heavy atom. The number of hydrogen-bond acceptors (Lipinski definition) is 3. The third-order valence-electron chi connectivity index (χ3n) is 5.89. The maximum atomic E-state index is 12.8. The van der Waals surface area contributed by atoms with Crippen molar-refractivity contribution in [3.8, 4) is 0 Å². The van der Waals surface area contributed by atoms with E-state index in [1.165, 1.54) is 4.90 Å². The molecule has 4 atom stereocenters. The highest BCUT2D eigenvalue weighted by Gasteiger charge is 2.59. The van der Waals surface area contributed by atoms with Crippen LogP contribution in [0.25, 0.3) is 0 Å². The minimum atomic E-state index is -0.204. The fourth-order valence-electron chi connectivity index (χ4n) is 4.64. The Morgan fingerprint density at radius 3 is 2.04 bits per heavy atom. The largest absolute Gasteiger partial charge is 0.322 e. The summed E-state index contributed by atoms with van der Waals surface area (Å²) >= 11 is 0. The standard InChI is InChI=1S/C22H18N2O3/c25-20(13-4-2-1-3-5-13)23-16-8-10-17(11-9-16)24-21(26)18-14-6-7-15(12-14)19(18)22(24)27/h1-11,14-15,18-19H,12H2,(H,23,25)/t14-,15+,18-,19+. The second-order valence-electron chi connectivity index (χ2n) is 7.38. The lowest BCUT2D eigenvalue weighted by atomic mass is 9.85. The molecule has 1 saturated heterocycles. The molecular weight excluding hydrogens is 340 g/mol. The van der Waals surface area contributed by atoms with Crippen molar-refractivity contribution in [1.82, 2.24) is 0 Å². The molecule has 0 unspecified atom stereocenters. The number of fused-ring (bicyclic) bond motifs is 5. The average Bonchev–Trinajstić information content (AvgIpc) is 3.37. The molecule has 0 radical (unpaired) electrons. The zero-order valence-electron chi connectivity index (χ0n) is 14.5. The highest BCUT2D eigenvalue weighted by atomic mass is 16.2. The van der Waals surface area contributed by atoms with Crippen molar-refractivity contribution in [2.24, 2.45) is 23.7 Å². The van der Waals surface area contributed by atoms with Crippen LogP contribution in [0.1, 0.15) is 16.8 Å². The number of carbonyl (C=O) groups is 3. The first-order valence-corrected chi connectivity index (χ1v) is 9.16. The summed E-state index contributed by atoms with van der Waals surface area (Å²) in [6, 6.07) is 15.8. The predicted octanol–water partition coefficient (Wildman–Crippen LogP) is 3.25. The van der Waals surface area contributed by atoms with Crippen LogP contribution in [0.4, 0.5) is 11.4 Å². The van der Waals surface area contributed by atoms with Gasteiger partial charge in [-0.1, -0.05) is 30.4 Å². The number of amides is 3. The van der Waals surface area contributed by atoms with Crippen LogP contribution < -0.4 is 10.2 Å². The summed E-state index contributed by atoms with van der Waals surface area (Å²) in [6.45, 7) is 0. The first kappa shape index (κ1) is 16.0. The molecule has 27 heavy (non-hydrogen) atoms. The molecule has 2 aromatic carbocycles. The van der Waals surface area contributed by atoms with Gasteiger partial charge in [0.05, 0.1) is 17.5 Å². The number of nitrogens with one attached hydrogen (secondary N) is 1. The van der Waals surface area contributed by atoms with Crippen molar-refractivity contribution < 1.29 is 14.4 Å². The Kier molecular flexibility index (Phi) is 3.50. The molecule has 5 rings (SSSR count). The van der Waals surface area contributed by atoms with Crippen LogP contribution in [-0.4, -0.2) is 17.7 Å². The second kappa shape index (κ2) is 5.91. The van der Waals surface area contributed by atoms with Crippen LogP contribution in [0, 0.1) is 23.7 Å². The lowest BCUT2D eigenvalue weighted by Crippen LogP contribution is -2.32. The van der Waals surface area contributed by atoms with E-state index in [0.29, 0.717) is 16.9 Å². The van der Waals surface area contributed by atoms with E-state index in [0.717, 1.165) is 6.42 Å². The number of anilines is 2. The Labute approximate surface area is 156 Å². The van der Waals surface area contributed by atoms with E-state index in [9.17, 15) is 14.4 Å². The third kappa shape index (κ3) is 2.42. The highest BCUT2D eigenvalue weighted by Crippen LogP contribution is 2.53. The zero-order chi connectivity index (χ0) is 18.5. The molecule has 5 nitrogen and oxygen atoms in total. The molecule has 1 saturated carbocycles. The average molecular weight is 358 g/mol. The number of rotatable bonds is 3. The summed E-state index contributed by atoms with van der Waals surface area (Å²) in [6.07, 6.45) is 5.09. The number of carbonyl (C=O) groups excluding carboxylic acids is 3. The molecular formula is C22H18N2O3. The molecule has 134 valence electrons. The van der Waals surface area contributed by atoms with Gasteiger partial charge in [-0.05, 0) is 54.7 Å². The second-order valence-corrected chi connectivity index (χ2v) is 7.38. The molecule has 1 N–H and O–H groups in total. The van der Waals surface area contributed by atoms with E-state index in [4.69, 9.17) is 0 Å². The predicted molar refractivity (Wildman–Crippen MR) is 101 cm³/mol. The maximum absolute atomic E-state index is 12.8. The van der Waals surface area contributed by atoms with Gasteiger partial charge in [-0.15, -0.1) is 0 Å². The van der Waals surface area contributed by atoms with Crippen molar-refractivity contribution in [3.05, 3.63) is 72.3 Å². The van der Waals surface area contributed by atoms with Crippen LogP contribution in [0.15, 0.2) is 66.7 Å². The summed E-state index contributed by atoms with van der Waals surface area (Å²) in [5.74, 6) is -0.397. The number of hydrogen-bond donors (Lipinski definition) is 1. The number of imide groups is 1. The normalized spacial score (nSPS) is 27.9. The molecule has 2 fully saturated rings. The van der Waals surface area contributed by atoms with Gasteiger partial charge in [0.15, 0.2) is 0 Å². The van der Waals surface area contributed by atoms with Gasteiger partial charge in [0.2, 0.25) is 11.8 Å². The maximum Gasteiger partial charge on any atom is 0.255 e. The van der Waals surface area contributed by atoms with Crippen molar-refractivity contribution in [1.29, 1.82) is 0 Å². The van der Waals surface area contributed by atoms with Crippen LogP contribution >= 0.6 is 0 Å². The minimum Gasteiger partial charge on any atom is -0.322 e. The third-order valence-corrected chi connectivity index (χ3v) is 5.89. The quantitative estimate of drug-likeness (QED) is 0.677. The van der Waals surface area contributed by atoms with Gasteiger partial charge in [0.1, 0.15) is 0 Å². The van der Waals surface area contributed by atoms with Crippen molar-refractivity contribution >= 4 is 29.1 Å². The van der Waals surface area contributed by atoms with Gasteiger partial charge in [0.25, 0.3) is 5.91 Å². The smallest absolute Gasteiger partial charge is 0.255 e. The van der Waals surface area contributed by atoms with E-state index in [2.05, 4.69) is 17.5 Å². The van der Waals surface area contributed by atoms with E-state index in [1.54, 1.807) is 36.4 Å². The summed E-state index contributed by atoms with van der Waals surface area (Å²) in [5, 5.41) is 2.83. The van der Waals surface area contributed by atoms with Crippen molar-refractivity contribution in [3.63, 3.8) is 0 Å². The summed E-state index contributed by atoms with van der Waals surface area (Å²) in [4.78, 5) is 39.2. The molecule has 3 amide bonds. The Hall–Kier alpha value is -3.21. The first-order chi connectivity index (χ1) is 13.1. The molecule has 5 heteroatoms. The van der Waals surface area contributed by atoms with Crippen LogP contribution in [0.2, 0.25) is 0 Å².